The molecular weight excluding hydrogens is 242 g/mol. The molecule has 0 bridgehead atoms. The lowest BCUT2D eigenvalue weighted by Gasteiger charge is -2.33. The number of rotatable bonds is 3. The molecule has 1 aromatic rings. The van der Waals surface area contributed by atoms with E-state index < -0.39 is 0 Å². The molecule has 102 valence electrons. The van der Waals surface area contributed by atoms with Gasteiger partial charge in [0.25, 0.3) is 0 Å². The summed E-state index contributed by atoms with van der Waals surface area (Å²) in [6, 6.07) is 9.93. The molecule has 0 aromatic heterocycles. The Labute approximate surface area is 113 Å². The molecule has 0 radical (unpaired) electrons. The molecule has 19 heavy (non-hydrogen) atoms. The third-order valence-corrected chi connectivity index (χ3v) is 3.68. The van der Waals surface area contributed by atoms with Gasteiger partial charge in [-0.2, -0.15) is 0 Å². The number of para-hydroxylation sites is 1. The third-order valence-electron chi connectivity index (χ3n) is 3.68. The molecule has 0 N–H and O–H groups in total. The van der Waals surface area contributed by atoms with Gasteiger partial charge >= 0.3 is 6.09 Å². The monoisotopic (exact) mass is 261 g/mol. The summed E-state index contributed by atoms with van der Waals surface area (Å²) in [5.41, 5.74) is 0. The molecule has 1 saturated heterocycles. The first-order chi connectivity index (χ1) is 9.34. The predicted octanol–water partition coefficient (Wildman–Crippen LogP) is 2.83. The average molecular weight is 261 g/mol. The van der Waals surface area contributed by atoms with Crippen LogP contribution in [0.3, 0.4) is 0 Å². The lowest BCUT2D eigenvalue weighted by Crippen LogP contribution is -2.46. The van der Waals surface area contributed by atoms with Gasteiger partial charge in [-0.05, 0) is 37.8 Å². The fraction of sp³-hybridized carbons (Fsp3) is 0.533. The van der Waals surface area contributed by atoms with Crippen molar-refractivity contribution in [2.75, 3.05) is 13.2 Å². The van der Waals surface area contributed by atoms with Crippen molar-refractivity contribution in [2.45, 2.75) is 37.8 Å². The number of amides is 1. The van der Waals surface area contributed by atoms with Crippen LogP contribution in [-0.2, 0) is 4.74 Å². The van der Waals surface area contributed by atoms with Crippen molar-refractivity contribution < 1.29 is 14.3 Å². The van der Waals surface area contributed by atoms with Crippen molar-refractivity contribution in [3.05, 3.63) is 30.3 Å². The van der Waals surface area contributed by atoms with Crippen LogP contribution >= 0.6 is 0 Å². The molecule has 1 aliphatic carbocycles. The molecule has 3 rings (SSSR count). The van der Waals surface area contributed by atoms with Crippen LogP contribution in [0.15, 0.2) is 30.3 Å². The van der Waals surface area contributed by atoms with E-state index in [1.54, 1.807) is 0 Å². The van der Waals surface area contributed by atoms with Gasteiger partial charge in [-0.15, -0.1) is 0 Å². The Morgan fingerprint density at radius 1 is 1.05 bits per heavy atom. The highest BCUT2D eigenvalue weighted by molar-refractivity contribution is 5.71. The summed E-state index contributed by atoms with van der Waals surface area (Å²) in [5, 5.41) is 0. The van der Waals surface area contributed by atoms with Crippen LogP contribution in [0, 0.1) is 0 Å². The van der Waals surface area contributed by atoms with Crippen LogP contribution < -0.4 is 4.74 Å². The van der Waals surface area contributed by atoms with E-state index >= 15 is 0 Å². The Kier molecular flexibility index (Phi) is 3.69. The number of carbonyl (C=O) groups is 1. The Morgan fingerprint density at radius 3 is 2.32 bits per heavy atom. The van der Waals surface area contributed by atoms with Crippen molar-refractivity contribution >= 4 is 6.09 Å². The van der Waals surface area contributed by atoms with Gasteiger partial charge in [-0.1, -0.05) is 18.2 Å². The number of benzene rings is 1. The standard InChI is InChI=1S/C15H19NO3/c17-15(19-14-4-2-1-3-5-14)16(12-6-7-12)13-8-10-18-11-9-13/h1-5,12-13H,6-11H2. The van der Waals surface area contributed by atoms with Gasteiger partial charge in [0.1, 0.15) is 5.75 Å². The largest absolute Gasteiger partial charge is 0.415 e. The minimum Gasteiger partial charge on any atom is -0.410 e. The lowest BCUT2D eigenvalue weighted by molar-refractivity contribution is 0.0350. The van der Waals surface area contributed by atoms with Crippen LogP contribution in [0.1, 0.15) is 25.7 Å². The highest BCUT2D eigenvalue weighted by Gasteiger charge is 2.39. The van der Waals surface area contributed by atoms with Crippen molar-refractivity contribution in [1.82, 2.24) is 4.90 Å². The van der Waals surface area contributed by atoms with Crippen molar-refractivity contribution in [2.24, 2.45) is 0 Å². The zero-order valence-corrected chi connectivity index (χ0v) is 11.0. The molecule has 0 unspecified atom stereocenters. The highest BCUT2D eigenvalue weighted by atomic mass is 16.6. The van der Waals surface area contributed by atoms with Gasteiger partial charge in [0, 0.05) is 25.3 Å². The normalized spacial score (nSPS) is 20.0. The molecule has 1 aromatic carbocycles. The molecule has 1 amide bonds. The smallest absolute Gasteiger partial charge is 0.410 e. The summed E-state index contributed by atoms with van der Waals surface area (Å²) >= 11 is 0. The maximum Gasteiger partial charge on any atom is 0.415 e. The number of nitrogens with zero attached hydrogens (tertiary/aromatic N) is 1. The Morgan fingerprint density at radius 2 is 1.68 bits per heavy atom. The van der Waals surface area contributed by atoms with Crippen LogP contribution in [0.2, 0.25) is 0 Å². The summed E-state index contributed by atoms with van der Waals surface area (Å²) in [7, 11) is 0. The Bertz CT molecular complexity index is 424. The molecular formula is C15H19NO3. The van der Waals surface area contributed by atoms with Crippen LogP contribution in [0.4, 0.5) is 4.79 Å². The maximum atomic E-state index is 12.4. The van der Waals surface area contributed by atoms with Gasteiger partial charge in [-0.3, -0.25) is 0 Å². The van der Waals surface area contributed by atoms with E-state index in [1.165, 1.54) is 0 Å². The minimum absolute atomic E-state index is 0.208. The summed E-state index contributed by atoms with van der Waals surface area (Å²) < 4.78 is 10.8. The fourth-order valence-electron chi connectivity index (χ4n) is 2.55. The van der Waals surface area contributed by atoms with E-state index in [0.29, 0.717) is 11.8 Å². The summed E-state index contributed by atoms with van der Waals surface area (Å²) in [6.45, 7) is 1.49. The molecule has 0 spiro atoms. The first kappa shape index (κ1) is 12.5. The molecule has 2 fully saturated rings. The van der Waals surface area contributed by atoms with Crippen LogP contribution in [0.25, 0.3) is 0 Å². The molecule has 0 atom stereocenters. The summed E-state index contributed by atoms with van der Waals surface area (Å²) in [4.78, 5) is 14.3. The quantitative estimate of drug-likeness (QED) is 0.839. The zero-order chi connectivity index (χ0) is 13.1. The topological polar surface area (TPSA) is 38.8 Å². The number of ether oxygens (including phenoxy) is 2. The van der Waals surface area contributed by atoms with E-state index in [0.717, 1.165) is 38.9 Å². The van der Waals surface area contributed by atoms with Gasteiger partial charge in [0.05, 0.1) is 0 Å². The Balaban J connectivity index is 1.67. The predicted molar refractivity (Wildman–Crippen MR) is 71.2 cm³/mol. The second-order valence-electron chi connectivity index (χ2n) is 5.16. The number of carbonyl (C=O) groups excluding carboxylic acids is 1. The molecule has 4 heteroatoms. The zero-order valence-electron chi connectivity index (χ0n) is 11.0. The molecule has 1 aliphatic heterocycles. The number of hydrogen-bond donors (Lipinski definition) is 0. The average Bonchev–Trinajstić information content (AvgIpc) is 3.26. The summed E-state index contributed by atoms with van der Waals surface area (Å²) in [5.74, 6) is 0.616. The van der Waals surface area contributed by atoms with Crippen LogP contribution in [0.5, 0.6) is 5.75 Å². The first-order valence-electron chi connectivity index (χ1n) is 6.97. The molecule has 1 heterocycles. The molecule has 4 nitrogen and oxygen atoms in total. The second-order valence-corrected chi connectivity index (χ2v) is 5.16. The fourth-order valence-corrected chi connectivity index (χ4v) is 2.55. The minimum atomic E-state index is -0.208. The Hall–Kier alpha value is -1.55. The van der Waals surface area contributed by atoms with Crippen LogP contribution in [-0.4, -0.2) is 36.3 Å². The highest BCUT2D eigenvalue weighted by Crippen LogP contribution is 2.32. The van der Waals surface area contributed by atoms with E-state index in [2.05, 4.69) is 0 Å². The number of hydrogen-bond acceptors (Lipinski definition) is 3. The van der Waals surface area contributed by atoms with E-state index in [1.807, 2.05) is 35.2 Å². The summed E-state index contributed by atoms with van der Waals surface area (Å²) in [6.07, 6.45) is 3.82. The van der Waals surface area contributed by atoms with Crippen molar-refractivity contribution in [1.29, 1.82) is 0 Å². The van der Waals surface area contributed by atoms with E-state index in [-0.39, 0.29) is 12.1 Å². The van der Waals surface area contributed by atoms with Gasteiger partial charge in [0.2, 0.25) is 0 Å². The van der Waals surface area contributed by atoms with Crippen molar-refractivity contribution in [3.63, 3.8) is 0 Å². The first-order valence-corrected chi connectivity index (χ1v) is 6.97. The SMILES string of the molecule is O=C(Oc1ccccc1)N(C1CCOCC1)C1CC1. The van der Waals surface area contributed by atoms with Gasteiger partial charge in [-0.25, -0.2) is 4.79 Å². The van der Waals surface area contributed by atoms with Gasteiger partial charge in [0.15, 0.2) is 0 Å². The maximum absolute atomic E-state index is 12.4. The van der Waals surface area contributed by atoms with Gasteiger partial charge < -0.3 is 14.4 Å². The molecule has 1 saturated carbocycles. The van der Waals surface area contributed by atoms with Crippen molar-refractivity contribution in [3.8, 4) is 5.75 Å². The van der Waals surface area contributed by atoms with E-state index in [9.17, 15) is 4.79 Å². The molecule has 2 aliphatic rings. The second kappa shape index (κ2) is 5.61. The lowest BCUT2D eigenvalue weighted by atomic mass is 10.1. The van der Waals surface area contributed by atoms with E-state index in [4.69, 9.17) is 9.47 Å². The third kappa shape index (κ3) is 3.07.